The molecule has 1 atom stereocenters. The van der Waals surface area contributed by atoms with Gasteiger partial charge in [0.25, 0.3) is 5.91 Å². The number of hydrogen-bond acceptors (Lipinski definition) is 3. The Morgan fingerprint density at radius 3 is 2.38 bits per heavy atom. The molecule has 0 aromatic heterocycles. The van der Waals surface area contributed by atoms with Crippen LogP contribution in [0, 0.1) is 0 Å². The molecule has 0 saturated carbocycles. The van der Waals surface area contributed by atoms with E-state index in [1.165, 1.54) is 18.5 Å². The summed E-state index contributed by atoms with van der Waals surface area (Å²) in [6.45, 7) is 2.27. The Morgan fingerprint density at radius 2 is 1.95 bits per heavy atom. The molecule has 1 amide bonds. The molecule has 1 aliphatic heterocycles. The van der Waals surface area contributed by atoms with Crippen LogP contribution in [0.2, 0.25) is 0 Å². The molecule has 0 radical (unpaired) electrons. The van der Waals surface area contributed by atoms with Crippen LogP contribution in [0.3, 0.4) is 0 Å². The van der Waals surface area contributed by atoms with Crippen LogP contribution >= 0.6 is 0 Å². The van der Waals surface area contributed by atoms with Crippen molar-refractivity contribution in [3.63, 3.8) is 0 Å². The Labute approximate surface area is 119 Å². The van der Waals surface area contributed by atoms with Gasteiger partial charge in [-0.25, -0.2) is 4.99 Å². The normalized spacial score (nSPS) is 16.6. The lowest BCUT2D eigenvalue weighted by molar-refractivity contribution is -0.137. The second-order valence-corrected chi connectivity index (χ2v) is 4.69. The van der Waals surface area contributed by atoms with E-state index in [2.05, 4.69) is 4.99 Å². The van der Waals surface area contributed by atoms with Crippen LogP contribution in [0.25, 0.3) is 0 Å². The van der Waals surface area contributed by atoms with Crippen LogP contribution < -0.4 is 5.73 Å². The van der Waals surface area contributed by atoms with E-state index in [0.29, 0.717) is 6.54 Å². The fourth-order valence-electron chi connectivity index (χ4n) is 1.99. The molecule has 4 nitrogen and oxygen atoms in total. The Morgan fingerprint density at radius 1 is 1.33 bits per heavy atom. The topological polar surface area (TPSA) is 58.7 Å². The van der Waals surface area contributed by atoms with Crippen molar-refractivity contribution in [2.75, 3.05) is 6.54 Å². The molecule has 0 unspecified atom stereocenters. The standard InChI is InChI=1S/C14H14F3N3O/c1-9(20-7-6-12(13(18)21)19-8-20)10-2-4-11(5-3-10)14(15,16)17/h2-6,8-9H,7H2,1H3,(H2,18,21)/t9-/m1/s1. The van der Waals surface area contributed by atoms with Crippen molar-refractivity contribution >= 4 is 12.2 Å². The molecule has 1 aromatic rings. The zero-order valence-electron chi connectivity index (χ0n) is 11.3. The van der Waals surface area contributed by atoms with Gasteiger partial charge in [0.15, 0.2) is 0 Å². The molecule has 1 aliphatic rings. The number of carbonyl (C=O) groups is 1. The lowest BCUT2D eigenvalue weighted by Gasteiger charge is -2.28. The average molecular weight is 297 g/mol. The zero-order chi connectivity index (χ0) is 15.6. The van der Waals surface area contributed by atoms with Crippen LogP contribution in [0.15, 0.2) is 41.0 Å². The van der Waals surface area contributed by atoms with Crippen molar-refractivity contribution < 1.29 is 18.0 Å². The summed E-state index contributed by atoms with van der Waals surface area (Å²) in [5, 5.41) is 0. The molecule has 0 bridgehead atoms. The second kappa shape index (κ2) is 5.59. The molecular weight excluding hydrogens is 283 g/mol. The van der Waals surface area contributed by atoms with Gasteiger partial charge in [0.2, 0.25) is 0 Å². The van der Waals surface area contributed by atoms with E-state index in [-0.39, 0.29) is 11.7 Å². The largest absolute Gasteiger partial charge is 0.416 e. The molecule has 2 N–H and O–H groups in total. The SMILES string of the molecule is C[C@H](c1ccc(C(F)(F)F)cc1)N1C=NC(C(N)=O)=CC1. The number of rotatable bonds is 3. The zero-order valence-corrected chi connectivity index (χ0v) is 11.3. The van der Waals surface area contributed by atoms with Gasteiger partial charge in [0.1, 0.15) is 5.70 Å². The summed E-state index contributed by atoms with van der Waals surface area (Å²) in [5.41, 5.74) is 5.35. The van der Waals surface area contributed by atoms with Gasteiger partial charge in [-0.15, -0.1) is 0 Å². The summed E-state index contributed by atoms with van der Waals surface area (Å²) >= 11 is 0. The molecule has 7 heteroatoms. The van der Waals surface area contributed by atoms with Crippen LogP contribution in [-0.2, 0) is 11.0 Å². The van der Waals surface area contributed by atoms with Gasteiger partial charge in [-0.3, -0.25) is 4.79 Å². The highest BCUT2D eigenvalue weighted by Gasteiger charge is 2.30. The summed E-state index contributed by atoms with van der Waals surface area (Å²) in [6, 6.07) is 4.82. The number of hydrogen-bond donors (Lipinski definition) is 1. The molecule has 2 rings (SSSR count). The number of nitrogens with zero attached hydrogens (tertiary/aromatic N) is 2. The fraction of sp³-hybridized carbons (Fsp3) is 0.286. The molecule has 0 spiro atoms. The van der Waals surface area contributed by atoms with Gasteiger partial charge < -0.3 is 10.6 Å². The van der Waals surface area contributed by atoms with Gasteiger partial charge in [0, 0.05) is 6.54 Å². The van der Waals surface area contributed by atoms with Crippen LogP contribution in [0.5, 0.6) is 0 Å². The minimum absolute atomic E-state index is 0.165. The van der Waals surface area contributed by atoms with Crippen molar-refractivity contribution in [1.82, 2.24) is 4.90 Å². The van der Waals surface area contributed by atoms with Crippen LogP contribution in [-0.4, -0.2) is 23.7 Å². The summed E-state index contributed by atoms with van der Waals surface area (Å²) < 4.78 is 37.5. The van der Waals surface area contributed by atoms with E-state index >= 15 is 0 Å². The minimum Gasteiger partial charge on any atom is -0.364 e. The van der Waals surface area contributed by atoms with Gasteiger partial charge in [-0.1, -0.05) is 12.1 Å². The molecule has 21 heavy (non-hydrogen) atoms. The lowest BCUT2D eigenvalue weighted by Crippen LogP contribution is -2.30. The van der Waals surface area contributed by atoms with Gasteiger partial charge in [0.05, 0.1) is 17.9 Å². The number of carbonyl (C=O) groups excluding carboxylic acids is 1. The number of halogens is 3. The predicted octanol–water partition coefficient (Wildman–Crippen LogP) is 2.48. The quantitative estimate of drug-likeness (QED) is 0.931. The molecular formula is C14H14F3N3O. The summed E-state index contributed by atoms with van der Waals surface area (Å²) in [7, 11) is 0. The van der Waals surface area contributed by atoms with Crippen molar-refractivity contribution in [3.05, 3.63) is 47.2 Å². The van der Waals surface area contributed by atoms with Gasteiger partial charge in [-0.2, -0.15) is 13.2 Å². The molecule has 1 aromatic carbocycles. The Bertz CT molecular complexity index is 590. The van der Waals surface area contributed by atoms with Crippen LogP contribution in [0.1, 0.15) is 24.1 Å². The molecule has 0 fully saturated rings. The number of amides is 1. The molecule has 112 valence electrons. The van der Waals surface area contributed by atoms with Gasteiger partial charge in [-0.05, 0) is 30.7 Å². The third kappa shape index (κ3) is 3.42. The first kappa shape index (κ1) is 15.1. The number of nitrogens with two attached hydrogens (primary N) is 1. The maximum absolute atomic E-state index is 12.5. The van der Waals surface area contributed by atoms with E-state index in [4.69, 9.17) is 5.73 Å². The summed E-state index contributed by atoms with van der Waals surface area (Å²) in [6.07, 6.45) is -1.28. The Hall–Kier alpha value is -2.31. The highest BCUT2D eigenvalue weighted by atomic mass is 19.4. The molecule has 0 saturated heterocycles. The van der Waals surface area contributed by atoms with Crippen molar-refractivity contribution in [1.29, 1.82) is 0 Å². The van der Waals surface area contributed by atoms with Crippen molar-refractivity contribution in [2.24, 2.45) is 10.7 Å². The third-order valence-electron chi connectivity index (χ3n) is 3.31. The first-order valence-electron chi connectivity index (χ1n) is 6.26. The average Bonchev–Trinajstić information content (AvgIpc) is 2.46. The first-order valence-corrected chi connectivity index (χ1v) is 6.26. The van der Waals surface area contributed by atoms with E-state index in [1.807, 2.05) is 6.92 Å². The third-order valence-corrected chi connectivity index (χ3v) is 3.31. The number of alkyl halides is 3. The van der Waals surface area contributed by atoms with E-state index in [0.717, 1.165) is 17.7 Å². The first-order chi connectivity index (χ1) is 9.79. The van der Waals surface area contributed by atoms with Crippen molar-refractivity contribution in [3.8, 4) is 0 Å². The summed E-state index contributed by atoms with van der Waals surface area (Å²) in [5.74, 6) is -0.604. The number of aliphatic imine (C=N–C) groups is 1. The maximum Gasteiger partial charge on any atom is 0.416 e. The highest BCUT2D eigenvalue weighted by molar-refractivity contribution is 5.93. The monoisotopic (exact) mass is 297 g/mol. The predicted molar refractivity (Wildman–Crippen MR) is 72.3 cm³/mol. The smallest absolute Gasteiger partial charge is 0.364 e. The lowest BCUT2D eigenvalue weighted by atomic mass is 10.0. The van der Waals surface area contributed by atoms with E-state index in [1.54, 1.807) is 11.0 Å². The van der Waals surface area contributed by atoms with Crippen molar-refractivity contribution in [2.45, 2.75) is 19.1 Å². The Balaban J connectivity index is 2.10. The van der Waals surface area contributed by atoms with Gasteiger partial charge >= 0.3 is 6.18 Å². The maximum atomic E-state index is 12.5. The fourth-order valence-corrected chi connectivity index (χ4v) is 1.99. The van der Waals surface area contributed by atoms with Crippen LogP contribution in [0.4, 0.5) is 13.2 Å². The second-order valence-electron chi connectivity index (χ2n) is 4.69. The molecule has 0 aliphatic carbocycles. The van der Waals surface area contributed by atoms with E-state index in [9.17, 15) is 18.0 Å². The number of primary amides is 1. The molecule has 1 heterocycles. The minimum atomic E-state index is -4.34. The van der Waals surface area contributed by atoms with E-state index < -0.39 is 17.6 Å². The Kier molecular flexibility index (Phi) is 4.02. The number of benzene rings is 1. The summed E-state index contributed by atoms with van der Waals surface area (Å²) in [4.78, 5) is 16.7. The highest BCUT2D eigenvalue weighted by Crippen LogP contribution is 2.30.